The van der Waals surface area contributed by atoms with Gasteiger partial charge in [-0.25, -0.2) is 9.59 Å². The lowest BCUT2D eigenvalue weighted by Crippen LogP contribution is -2.66. The lowest BCUT2D eigenvalue weighted by atomic mass is 10.1. The summed E-state index contributed by atoms with van der Waals surface area (Å²) in [5.74, 6) is -3.07. The van der Waals surface area contributed by atoms with Crippen molar-refractivity contribution in [1.82, 2.24) is 20.4 Å². The van der Waals surface area contributed by atoms with Gasteiger partial charge in [-0.1, -0.05) is 0 Å². The first-order chi connectivity index (χ1) is 9.81. The molecule has 0 bridgehead atoms. The van der Waals surface area contributed by atoms with Gasteiger partial charge in [0, 0.05) is 6.54 Å². The first-order valence-electron chi connectivity index (χ1n) is 6.21. The second-order valence-corrected chi connectivity index (χ2v) is 4.78. The summed E-state index contributed by atoms with van der Waals surface area (Å²) in [5.41, 5.74) is 0. The standard InChI is InChI=1S/C11H14N4O6/c1-5-9(18)13-8(17)4-14(5)11(21)15-3-7(16)12-2-6(15)10(19)20/h5-6H,2-4H2,1H3,(H,12,16)(H,19,20)(H,13,17,18). The molecule has 2 heterocycles. The number of aliphatic carboxylic acids is 1. The summed E-state index contributed by atoms with van der Waals surface area (Å²) in [5, 5.41) is 13.5. The smallest absolute Gasteiger partial charge is 0.328 e. The lowest BCUT2D eigenvalue weighted by molar-refractivity contribution is -0.144. The highest BCUT2D eigenvalue weighted by Gasteiger charge is 2.41. The Hall–Kier alpha value is -2.65. The number of carbonyl (C=O) groups is 5. The van der Waals surface area contributed by atoms with E-state index < -0.39 is 48.4 Å². The predicted octanol–water partition coefficient (Wildman–Crippen LogP) is -2.66. The van der Waals surface area contributed by atoms with Crippen molar-refractivity contribution in [3.05, 3.63) is 0 Å². The Balaban J connectivity index is 2.23. The number of nitrogens with one attached hydrogen (secondary N) is 2. The van der Waals surface area contributed by atoms with Crippen LogP contribution in [0.15, 0.2) is 0 Å². The van der Waals surface area contributed by atoms with E-state index in [1.165, 1.54) is 6.92 Å². The SMILES string of the molecule is CC1C(=O)NC(=O)CN1C(=O)N1CC(=O)NCC1C(=O)O. The highest BCUT2D eigenvalue weighted by molar-refractivity contribution is 6.04. The molecular formula is C11H14N4O6. The van der Waals surface area contributed by atoms with Crippen LogP contribution in [0.1, 0.15) is 6.92 Å². The predicted molar refractivity (Wildman–Crippen MR) is 65.9 cm³/mol. The summed E-state index contributed by atoms with van der Waals surface area (Å²) in [7, 11) is 0. The largest absolute Gasteiger partial charge is 0.480 e. The molecule has 0 aromatic carbocycles. The highest BCUT2D eigenvalue weighted by atomic mass is 16.4. The van der Waals surface area contributed by atoms with Crippen molar-refractivity contribution in [3.63, 3.8) is 0 Å². The van der Waals surface area contributed by atoms with Crippen molar-refractivity contribution >= 4 is 29.7 Å². The maximum atomic E-state index is 12.4. The number of hydrogen-bond donors (Lipinski definition) is 3. The highest BCUT2D eigenvalue weighted by Crippen LogP contribution is 2.13. The number of imide groups is 1. The van der Waals surface area contributed by atoms with E-state index in [2.05, 4.69) is 10.6 Å². The summed E-state index contributed by atoms with van der Waals surface area (Å²) in [6.07, 6.45) is 0. The molecule has 21 heavy (non-hydrogen) atoms. The molecule has 5 amide bonds. The van der Waals surface area contributed by atoms with Crippen LogP contribution in [-0.2, 0) is 19.2 Å². The summed E-state index contributed by atoms with van der Waals surface area (Å²) in [6, 6.07) is -2.98. The van der Waals surface area contributed by atoms with Gasteiger partial charge in [-0.2, -0.15) is 0 Å². The average molecular weight is 298 g/mol. The fourth-order valence-electron chi connectivity index (χ4n) is 2.18. The third-order valence-corrected chi connectivity index (χ3v) is 3.38. The van der Waals surface area contributed by atoms with Crippen LogP contribution in [0.5, 0.6) is 0 Å². The number of carboxylic acids is 1. The third-order valence-electron chi connectivity index (χ3n) is 3.38. The summed E-state index contributed by atoms with van der Waals surface area (Å²) < 4.78 is 0. The van der Waals surface area contributed by atoms with E-state index in [1.807, 2.05) is 0 Å². The van der Waals surface area contributed by atoms with Gasteiger partial charge in [0.1, 0.15) is 25.2 Å². The van der Waals surface area contributed by atoms with Crippen molar-refractivity contribution in [2.75, 3.05) is 19.6 Å². The number of carbonyl (C=O) groups excluding carboxylic acids is 4. The van der Waals surface area contributed by atoms with Crippen molar-refractivity contribution < 1.29 is 29.1 Å². The minimum absolute atomic E-state index is 0.220. The van der Waals surface area contributed by atoms with Crippen LogP contribution in [0.2, 0.25) is 0 Å². The molecule has 2 rings (SSSR count). The second kappa shape index (κ2) is 5.38. The molecule has 2 aliphatic heterocycles. The Morgan fingerprint density at radius 2 is 1.76 bits per heavy atom. The maximum absolute atomic E-state index is 12.4. The number of urea groups is 1. The van der Waals surface area contributed by atoms with Crippen molar-refractivity contribution in [2.24, 2.45) is 0 Å². The minimum atomic E-state index is -1.27. The maximum Gasteiger partial charge on any atom is 0.328 e. The number of rotatable bonds is 1. The summed E-state index contributed by atoms with van der Waals surface area (Å²) >= 11 is 0. The third kappa shape index (κ3) is 2.78. The molecule has 0 aliphatic carbocycles. The van der Waals surface area contributed by atoms with Gasteiger partial charge in [0.25, 0.3) is 0 Å². The second-order valence-electron chi connectivity index (χ2n) is 4.78. The molecule has 2 atom stereocenters. The molecule has 0 saturated carbocycles. The first-order valence-corrected chi connectivity index (χ1v) is 6.21. The molecule has 0 aromatic rings. The van der Waals surface area contributed by atoms with Crippen molar-refractivity contribution in [3.8, 4) is 0 Å². The first kappa shape index (κ1) is 14.8. The van der Waals surface area contributed by atoms with Gasteiger partial charge >= 0.3 is 12.0 Å². The average Bonchev–Trinajstić information content (AvgIpc) is 2.41. The molecule has 2 aliphatic rings. The zero-order chi connectivity index (χ0) is 15.7. The monoisotopic (exact) mass is 298 g/mol. The van der Waals surface area contributed by atoms with Gasteiger partial charge < -0.3 is 15.3 Å². The van der Waals surface area contributed by atoms with E-state index in [1.54, 1.807) is 0 Å². The quantitative estimate of drug-likeness (QED) is 0.452. The Morgan fingerprint density at radius 1 is 1.14 bits per heavy atom. The zero-order valence-corrected chi connectivity index (χ0v) is 11.2. The van der Waals surface area contributed by atoms with Crippen LogP contribution >= 0.6 is 0 Å². The summed E-state index contributed by atoms with van der Waals surface area (Å²) in [4.78, 5) is 59.6. The molecule has 2 fully saturated rings. The zero-order valence-electron chi connectivity index (χ0n) is 11.2. The lowest BCUT2D eigenvalue weighted by Gasteiger charge is -2.39. The van der Waals surface area contributed by atoms with Crippen LogP contribution in [0.25, 0.3) is 0 Å². The number of amides is 5. The van der Waals surface area contributed by atoms with Gasteiger partial charge in [0.05, 0.1) is 0 Å². The van der Waals surface area contributed by atoms with E-state index in [9.17, 15) is 24.0 Å². The van der Waals surface area contributed by atoms with Crippen LogP contribution in [-0.4, -0.2) is 76.3 Å². The van der Waals surface area contributed by atoms with Gasteiger partial charge in [-0.3, -0.25) is 24.6 Å². The molecule has 0 radical (unpaired) electrons. The van der Waals surface area contributed by atoms with E-state index in [0.29, 0.717) is 0 Å². The number of carboxylic acid groups (broad SMARTS) is 1. The van der Waals surface area contributed by atoms with Crippen LogP contribution in [0, 0.1) is 0 Å². The molecule has 10 heteroatoms. The number of hydrogen-bond acceptors (Lipinski definition) is 5. The Morgan fingerprint density at radius 3 is 2.38 bits per heavy atom. The number of nitrogens with zero attached hydrogens (tertiary/aromatic N) is 2. The van der Waals surface area contributed by atoms with Gasteiger partial charge in [-0.15, -0.1) is 0 Å². The van der Waals surface area contributed by atoms with E-state index in [-0.39, 0.29) is 13.1 Å². The summed E-state index contributed by atoms with van der Waals surface area (Å²) in [6.45, 7) is 0.396. The molecule has 3 N–H and O–H groups in total. The van der Waals surface area contributed by atoms with Gasteiger partial charge in [0.2, 0.25) is 17.7 Å². The van der Waals surface area contributed by atoms with E-state index in [4.69, 9.17) is 5.11 Å². The Bertz CT molecular complexity index is 533. The molecule has 114 valence electrons. The minimum Gasteiger partial charge on any atom is -0.480 e. The molecule has 0 spiro atoms. The topological polar surface area (TPSA) is 136 Å². The fraction of sp³-hybridized carbons (Fsp3) is 0.545. The molecule has 2 unspecified atom stereocenters. The van der Waals surface area contributed by atoms with Crippen LogP contribution in [0.4, 0.5) is 4.79 Å². The molecule has 2 saturated heterocycles. The number of piperazine rings is 2. The van der Waals surface area contributed by atoms with E-state index in [0.717, 1.165) is 9.80 Å². The molecule has 10 nitrogen and oxygen atoms in total. The normalized spacial score (nSPS) is 26.2. The van der Waals surface area contributed by atoms with Crippen LogP contribution in [0.3, 0.4) is 0 Å². The Kier molecular flexibility index (Phi) is 3.78. The van der Waals surface area contributed by atoms with Gasteiger partial charge in [0.15, 0.2) is 0 Å². The van der Waals surface area contributed by atoms with Crippen molar-refractivity contribution in [1.29, 1.82) is 0 Å². The van der Waals surface area contributed by atoms with Crippen LogP contribution < -0.4 is 10.6 Å². The van der Waals surface area contributed by atoms with Gasteiger partial charge in [-0.05, 0) is 6.92 Å². The van der Waals surface area contributed by atoms with Crippen molar-refractivity contribution in [2.45, 2.75) is 19.0 Å². The fourth-order valence-corrected chi connectivity index (χ4v) is 2.18. The van der Waals surface area contributed by atoms with E-state index >= 15 is 0 Å². The molecular weight excluding hydrogens is 284 g/mol. The molecule has 0 aromatic heterocycles. The Labute approximate surface area is 119 Å².